The molecular formula is C48H90O6. The molecule has 0 aliphatic rings. The zero-order valence-electron chi connectivity index (χ0n) is 36.3. The summed E-state index contributed by atoms with van der Waals surface area (Å²) in [5, 5.41) is 0. The molecule has 0 aromatic heterocycles. The number of unbranched alkanes of at least 4 members (excludes halogenated alkanes) is 30. The Hall–Kier alpha value is -1.85. The van der Waals surface area contributed by atoms with Crippen molar-refractivity contribution in [2.75, 3.05) is 13.2 Å². The largest absolute Gasteiger partial charge is 0.462 e. The lowest BCUT2D eigenvalue weighted by molar-refractivity contribution is -0.167. The Morgan fingerprint density at radius 1 is 0.352 bits per heavy atom. The SMILES string of the molecule is CCCCCCCCC/C=C\CCCCCCCC(=O)OC[C@@H](COC(=O)CCCCCCCCCCCC)OC(=O)CCCCCCCCCCCC. The molecule has 0 saturated carbocycles. The van der Waals surface area contributed by atoms with E-state index in [1.807, 2.05) is 0 Å². The molecule has 0 aromatic carbocycles. The van der Waals surface area contributed by atoms with E-state index < -0.39 is 6.10 Å². The minimum absolute atomic E-state index is 0.0683. The third kappa shape index (κ3) is 41.3. The predicted molar refractivity (Wildman–Crippen MR) is 229 cm³/mol. The zero-order chi connectivity index (χ0) is 39.4. The van der Waals surface area contributed by atoms with Gasteiger partial charge in [-0.05, 0) is 44.9 Å². The van der Waals surface area contributed by atoms with Gasteiger partial charge in [0.15, 0.2) is 6.10 Å². The average molecular weight is 763 g/mol. The lowest BCUT2D eigenvalue weighted by Gasteiger charge is -2.18. The van der Waals surface area contributed by atoms with Crippen molar-refractivity contribution < 1.29 is 28.6 Å². The van der Waals surface area contributed by atoms with Gasteiger partial charge in [-0.25, -0.2) is 0 Å². The highest BCUT2D eigenvalue weighted by Crippen LogP contribution is 2.15. The van der Waals surface area contributed by atoms with Gasteiger partial charge in [0.2, 0.25) is 0 Å². The van der Waals surface area contributed by atoms with E-state index in [9.17, 15) is 14.4 Å². The smallest absolute Gasteiger partial charge is 0.306 e. The molecule has 0 aromatic rings. The maximum Gasteiger partial charge on any atom is 0.306 e. The van der Waals surface area contributed by atoms with Crippen molar-refractivity contribution in [2.45, 2.75) is 264 Å². The maximum absolute atomic E-state index is 12.7. The molecule has 318 valence electrons. The highest BCUT2D eigenvalue weighted by Gasteiger charge is 2.19. The van der Waals surface area contributed by atoms with Crippen molar-refractivity contribution >= 4 is 17.9 Å². The van der Waals surface area contributed by atoms with Crippen LogP contribution in [-0.2, 0) is 28.6 Å². The van der Waals surface area contributed by atoms with Gasteiger partial charge in [-0.1, -0.05) is 206 Å². The molecule has 0 heterocycles. The van der Waals surface area contributed by atoms with E-state index in [-0.39, 0.29) is 31.1 Å². The Balaban J connectivity index is 4.30. The Morgan fingerprint density at radius 2 is 0.611 bits per heavy atom. The maximum atomic E-state index is 12.7. The molecule has 0 amide bonds. The molecule has 0 radical (unpaired) electrons. The normalized spacial score (nSPS) is 12.0. The van der Waals surface area contributed by atoms with Crippen LogP contribution in [0, 0.1) is 0 Å². The van der Waals surface area contributed by atoms with E-state index in [4.69, 9.17) is 14.2 Å². The Morgan fingerprint density at radius 3 is 0.926 bits per heavy atom. The van der Waals surface area contributed by atoms with Crippen molar-refractivity contribution in [1.82, 2.24) is 0 Å². The minimum atomic E-state index is -0.764. The van der Waals surface area contributed by atoms with Crippen molar-refractivity contribution in [3.63, 3.8) is 0 Å². The van der Waals surface area contributed by atoms with Gasteiger partial charge < -0.3 is 14.2 Å². The fraction of sp³-hybridized carbons (Fsp3) is 0.896. The van der Waals surface area contributed by atoms with Gasteiger partial charge in [-0.2, -0.15) is 0 Å². The van der Waals surface area contributed by atoms with Crippen LogP contribution < -0.4 is 0 Å². The molecule has 6 nitrogen and oxygen atoms in total. The molecule has 54 heavy (non-hydrogen) atoms. The van der Waals surface area contributed by atoms with E-state index in [0.717, 1.165) is 64.2 Å². The Bertz CT molecular complexity index is 839. The third-order valence-electron chi connectivity index (χ3n) is 10.5. The van der Waals surface area contributed by atoms with Crippen LogP contribution in [0.3, 0.4) is 0 Å². The van der Waals surface area contributed by atoms with Crippen molar-refractivity contribution in [2.24, 2.45) is 0 Å². The molecule has 0 unspecified atom stereocenters. The lowest BCUT2D eigenvalue weighted by atomic mass is 10.1. The van der Waals surface area contributed by atoms with Crippen molar-refractivity contribution in [3.05, 3.63) is 12.2 Å². The number of carbonyl (C=O) groups excluding carboxylic acids is 3. The fourth-order valence-electron chi connectivity index (χ4n) is 6.91. The molecule has 0 saturated heterocycles. The van der Waals surface area contributed by atoms with Crippen LogP contribution >= 0.6 is 0 Å². The summed E-state index contributed by atoms with van der Waals surface area (Å²) in [4.78, 5) is 37.7. The number of hydrogen-bond donors (Lipinski definition) is 0. The van der Waals surface area contributed by atoms with E-state index in [0.29, 0.717) is 19.3 Å². The molecule has 1 atom stereocenters. The van der Waals surface area contributed by atoms with E-state index in [1.165, 1.54) is 154 Å². The molecule has 0 fully saturated rings. The van der Waals surface area contributed by atoms with E-state index >= 15 is 0 Å². The highest BCUT2D eigenvalue weighted by atomic mass is 16.6. The number of ether oxygens (including phenoxy) is 3. The lowest BCUT2D eigenvalue weighted by Crippen LogP contribution is -2.30. The van der Waals surface area contributed by atoms with Crippen LogP contribution in [0.2, 0.25) is 0 Å². The Kier molecular flexibility index (Phi) is 42.4. The first-order valence-corrected chi connectivity index (χ1v) is 23.7. The zero-order valence-corrected chi connectivity index (χ0v) is 36.3. The highest BCUT2D eigenvalue weighted by molar-refractivity contribution is 5.71. The second-order valence-electron chi connectivity index (χ2n) is 16.0. The summed E-state index contributed by atoms with van der Waals surface area (Å²) < 4.78 is 16.7. The molecule has 0 aliphatic carbocycles. The summed E-state index contributed by atoms with van der Waals surface area (Å²) >= 11 is 0. The topological polar surface area (TPSA) is 78.9 Å². The molecular weight excluding hydrogens is 673 g/mol. The molecule has 0 spiro atoms. The summed E-state index contributed by atoms with van der Waals surface area (Å²) in [6, 6.07) is 0. The van der Waals surface area contributed by atoms with Gasteiger partial charge >= 0.3 is 17.9 Å². The minimum Gasteiger partial charge on any atom is -0.462 e. The van der Waals surface area contributed by atoms with Gasteiger partial charge in [0.1, 0.15) is 13.2 Å². The quantitative estimate of drug-likeness (QED) is 0.0266. The summed E-state index contributed by atoms with van der Waals surface area (Å²) in [6.45, 7) is 6.62. The Labute approximate surface area is 335 Å². The van der Waals surface area contributed by atoms with Crippen LogP contribution in [0.5, 0.6) is 0 Å². The molecule has 0 N–H and O–H groups in total. The second-order valence-corrected chi connectivity index (χ2v) is 16.0. The van der Waals surface area contributed by atoms with Gasteiger partial charge in [-0.3, -0.25) is 14.4 Å². The molecule has 0 bridgehead atoms. The molecule has 0 aliphatic heterocycles. The summed E-state index contributed by atoms with van der Waals surface area (Å²) in [5.41, 5.74) is 0. The van der Waals surface area contributed by atoms with E-state index in [2.05, 4.69) is 32.9 Å². The number of allylic oxidation sites excluding steroid dienone is 2. The summed E-state index contributed by atoms with van der Waals surface area (Å²) in [5.74, 6) is -0.870. The first-order chi connectivity index (χ1) is 26.5. The summed E-state index contributed by atoms with van der Waals surface area (Å²) in [7, 11) is 0. The standard InChI is InChI=1S/C48H90O6/c1-4-7-10-13-16-19-22-23-24-25-26-27-30-32-35-38-41-47(50)53-44-45(54-48(51)42-39-36-33-29-21-18-15-12-9-6-3)43-52-46(49)40-37-34-31-28-20-17-14-11-8-5-2/h24-25,45H,4-23,26-44H2,1-3H3/b25-24-/t45-/m1/s1. The predicted octanol–water partition coefficient (Wildman–Crippen LogP) is 15.0. The van der Waals surface area contributed by atoms with Crippen LogP contribution in [0.25, 0.3) is 0 Å². The van der Waals surface area contributed by atoms with Crippen LogP contribution in [0.15, 0.2) is 12.2 Å². The monoisotopic (exact) mass is 763 g/mol. The average Bonchev–Trinajstić information content (AvgIpc) is 3.17. The number of rotatable bonds is 43. The molecule has 6 heteroatoms. The van der Waals surface area contributed by atoms with Gasteiger partial charge in [-0.15, -0.1) is 0 Å². The fourth-order valence-corrected chi connectivity index (χ4v) is 6.91. The number of carbonyl (C=O) groups is 3. The van der Waals surface area contributed by atoms with Crippen molar-refractivity contribution in [3.8, 4) is 0 Å². The van der Waals surface area contributed by atoms with Gasteiger partial charge in [0.25, 0.3) is 0 Å². The third-order valence-corrected chi connectivity index (χ3v) is 10.5. The van der Waals surface area contributed by atoms with Gasteiger partial charge in [0.05, 0.1) is 0 Å². The van der Waals surface area contributed by atoms with Crippen LogP contribution in [0.1, 0.15) is 258 Å². The van der Waals surface area contributed by atoms with E-state index in [1.54, 1.807) is 0 Å². The first kappa shape index (κ1) is 52.2. The number of hydrogen-bond acceptors (Lipinski definition) is 6. The number of esters is 3. The van der Waals surface area contributed by atoms with Crippen LogP contribution in [0.4, 0.5) is 0 Å². The van der Waals surface area contributed by atoms with Crippen LogP contribution in [-0.4, -0.2) is 37.2 Å². The second kappa shape index (κ2) is 43.9. The molecule has 0 rings (SSSR count). The van der Waals surface area contributed by atoms with Crippen molar-refractivity contribution in [1.29, 1.82) is 0 Å². The first-order valence-electron chi connectivity index (χ1n) is 23.7. The summed E-state index contributed by atoms with van der Waals surface area (Å²) in [6.07, 6.45) is 46.2. The van der Waals surface area contributed by atoms with Gasteiger partial charge in [0, 0.05) is 19.3 Å².